The van der Waals surface area contributed by atoms with Crippen LogP contribution in [0.3, 0.4) is 0 Å². The Morgan fingerprint density at radius 2 is 2.00 bits per heavy atom. The first-order valence-corrected chi connectivity index (χ1v) is 6.56. The molecule has 1 aliphatic carbocycles. The number of hydrogen-bond donors (Lipinski definition) is 2. The second-order valence-corrected chi connectivity index (χ2v) is 5.62. The molecule has 0 saturated heterocycles. The lowest BCUT2D eigenvalue weighted by Crippen LogP contribution is -2.38. The molecule has 0 spiro atoms. The number of carbonyl (C=O) groups excluding carboxylic acids is 1. The van der Waals surface area contributed by atoms with Gasteiger partial charge in [0.15, 0.2) is 0 Å². The van der Waals surface area contributed by atoms with Crippen molar-refractivity contribution in [2.24, 2.45) is 5.92 Å². The minimum absolute atomic E-state index is 0.0527. The van der Waals surface area contributed by atoms with Gasteiger partial charge in [-0.05, 0) is 39.0 Å². The second kappa shape index (κ2) is 5.92. The minimum Gasteiger partial charge on any atom is -0.354 e. The van der Waals surface area contributed by atoms with E-state index in [0.29, 0.717) is 18.0 Å². The van der Waals surface area contributed by atoms with Crippen molar-refractivity contribution < 1.29 is 4.79 Å². The SMILES string of the molecule is CC(=O)NC(C)C(C)CC(C)N(S)C1CC1. The summed E-state index contributed by atoms with van der Waals surface area (Å²) in [6.07, 6.45) is 3.63. The molecule has 0 heterocycles. The number of nitrogens with one attached hydrogen (secondary N) is 1. The molecule has 1 N–H and O–H groups in total. The Hall–Kier alpha value is -0.220. The maximum Gasteiger partial charge on any atom is 0.217 e. The van der Waals surface area contributed by atoms with Crippen molar-refractivity contribution >= 4 is 18.7 Å². The number of hydrogen-bond acceptors (Lipinski definition) is 3. The van der Waals surface area contributed by atoms with Gasteiger partial charge >= 0.3 is 0 Å². The summed E-state index contributed by atoms with van der Waals surface area (Å²) in [7, 11) is 0. The summed E-state index contributed by atoms with van der Waals surface area (Å²) >= 11 is 4.54. The fourth-order valence-electron chi connectivity index (χ4n) is 2.01. The molecular weight excluding hydrogens is 220 g/mol. The Morgan fingerprint density at radius 1 is 1.44 bits per heavy atom. The second-order valence-electron chi connectivity index (χ2n) is 5.16. The Kier molecular flexibility index (Phi) is 5.12. The van der Waals surface area contributed by atoms with Crippen LogP contribution in [-0.4, -0.2) is 28.3 Å². The predicted molar refractivity (Wildman–Crippen MR) is 70.4 cm³/mol. The minimum atomic E-state index is 0.0527. The molecular formula is C12H24N2OS. The van der Waals surface area contributed by atoms with E-state index in [0.717, 1.165) is 6.42 Å². The van der Waals surface area contributed by atoms with Gasteiger partial charge in [-0.2, -0.15) is 0 Å². The zero-order chi connectivity index (χ0) is 12.3. The number of thiol groups is 1. The van der Waals surface area contributed by atoms with Gasteiger partial charge in [-0.1, -0.05) is 19.7 Å². The predicted octanol–water partition coefficient (Wildman–Crippen LogP) is 2.23. The topological polar surface area (TPSA) is 32.3 Å². The molecule has 0 aliphatic heterocycles. The van der Waals surface area contributed by atoms with E-state index in [-0.39, 0.29) is 11.9 Å². The van der Waals surface area contributed by atoms with E-state index in [1.54, 1.807) is 6.92 Å². The molecule has 3 unspecified atom stereocenters. The molecule has 94 valence electrons. The van der Waals surface area contributed by atoms with E-state index in [9.17, 15) is 4.79 Å². The van der Waals surface area contributed by atoms with E-state index < -0.39 is 0 Å². The van der Waals surface area contributed by atoms with Crippen molar-refractivity contribution in [2.75, 3.05) is 0 Å². The lowest BCUT2D eigenvalue weighted by molar-refractivity contribution is -0.119. The molecule has 1 rings (SSSR count). The molecule has 0 aromatic carbocycles. The maximum atomic E-state index is 11.0. The molecule has 1 saturated carbocycles. The van der Waals surface area contributed by atoms with Gasteiger partial charge in [0, 0.05) is 25.0 Å². The number of nitrogens with zero attached hydrogens (tertiary/aromatic N) is 1. The molecule has 1 aliphatic rings. The molecule has 1 fully saturated rings. The van der Waals surface area contributed by atoms with Gasteiger partial charge < -0.3 is 5.32 Å². The zero-order valence-electron chi connectivity index (χ0n) is 10.7. The van der Waals surface area contributed by atoms with Gasteiger partial charge in [-0.25, -0.2) is 4.31 Å². The van der Waals surface area contributed by atoms with Crippen LogP contribution in [0.25, 0.3) is 0 Å². The summed E-state index contributed by atoms with van der Waals surface area (Å²) in [5.41, 5.74) is 0. The van der Waals surface area contributed by atoms with Crippen molar-refractivity contribution in [3.63, 3.8) is 0 Å². The fraction of sp³-hybridized carbons (Fsp3) is 0.917. The quantitative estimate of drug-likeness (QED) is 0.702. The van der Waals surface area contributed by atoms with E-state index in [2.05, 4.69) is 43.2 Å². The smallest absolute Gasteiger partial charge is 0.217 e. The summed E-state index contributed by atoms with van der Waals surface area (Å²) in [5, 5.41) is 2.95. The zero-order valence-corrected chi connectivity index (χ0v) is 11.6. The van der Waals surface area contributed by atoms with Crippen LogP contribution < -0.4 is 5.32 Å². The third-order valence-electron chi connectivity index (χ3n) is 3.37. The molecule has 0 bridgehead atoms. The summed E-state index contributed by atoms with van der Waals surface area (Å²) in [5.74, 6) is 0.532. The number of rotatable bonds is 6. The monoisotopic (exact) mass is 244 g/mol. The van der Waals surface area contributed by atoms with Gasteiger partial charge in [-0.15, -0.1) is 0 Å². The highest BCUT2D eigenvalue weighted by molar-refractivity contribution is 7.77. The molecule has 4 heteroatoms. The average molecular weight is 244 g/mol. The highest BCUT2D eigenvalue weighted by Gasteiger charge is 2.31. The Morgan fingerprint density at radius 3 is 2.44 bits per heavy atom. The van der Waals surface area contributed by atoms with Gasteiger partial charge in [0.25, 0.3) is 0 Å². The third-order valence-corrected chi connectivity index (χ3v) is 4.09. The van der Waals surface area contributed by atoms with Gasteiger partial charge in [-0.3, -0.25) is 4.79 Å². The van der Waals surface area contributed by atoms with E-state index in [4.69, 9.17) is 0 Å². The molecule has 3 atom stereocenters. The lowest BCUT2D eigenvalue weighted by Gasteiger charge is -2.28. The summed E-state index contributed by atoms with van der Waals surface area (Å²) in [6, 6.07) is 1.39. The van der Waals surface area contributed by atoms with Crippen molar-refractivity contribution in [1.82, 2.24) is 9.62 Å². The first-order valence-electron chi connectivity index (χ1n) is 6.16. The van der Waals surface area contributed by atoms with Crippen LogP contribution >= 0.6 is 12.8 Å². The van der Waals surface area contributed by atoms with Crippen LogP contribution in [0.1, 0.15) is 47.0 Å². The van der Waals surface area contributed by atoms with Crippen LogP contribution in [0, 0.1) is 5.92 Å². The highest BCUT2D eigenvalue weighted by atomic mass is 32.1. The van der Waals surface area contributed by atoms with Crippen molar-refractivity contribution in [2.45, 2.75) is 65.1 Å². The average Bonchev–Trinajstić information content (AvgIpc) is 2.98. The van der Waals surface area contributed by atoms with Crippen LogP contribution in [-0.2, 0) is 4.79 Å². The van der Waals surface area contributed by atoms with Crippen molar-refractivity contribution in [1.29, 1.82) is 0 Å². The Labute approximate surface area is 105 Å². The largest absolute Gasteiger partial charge is 0.354 e. The van der Waals surface area contributed by atoms with E-state index >= 15 is 0 Å². The molecule has 3 nitrogen and oxygen atoms in total. The highest BCUT2D eigenvalue weighted by Crippen LogP contribution is 2.31. The van der Waals surface area contributed by atoms with E-state index in [1.165, 1.54) is 12.8 Å². The first-order chi connectivity index (χ1) is 7.41. The molecule has 0 radical (unpaired) electrons. The Bertz CT molecular complexity index is 243. The number of carbonyl (C=O) groups is 1. The lowest BCUT2D eigenvalue weighted by atomic mass is 9.95. The normalized spacial score (nSPS) is 21.6. The van der Waals surface area contributed by atoms with Crippen LogP contribution in [0.5, 0.6) is 0 Å². The van der Waals surface area contributed by atoms with Crippen molar-refractivity contribution in [3.05, 3.63) is 0 Å². The summed E-state index contributed by atoms with van der Waals surface area (Å²) < 4.78 is 2.18. The first kappa shape index (κ1) is 13.8. The molecule has 1 amide bonds. The van der Waals surface area contributed by atoms with Gasteiger partial charge in [0.1, 0.15) is 0 Å². The van der Waals surface area contributed by atoms with Crippen LogP contribution in [0.2, 0.25) is 0 Å². The maximum absolute atomic E-state index is 11.0. The molecule has 0 aromatic heterocycles. The van der Waals surface area contributed by atoms with Gasteiger partial charge in [0.2, 0.25) is 5.91 Å². The fourth-order valence-corrected chi connectivity index (χ4v) is 2.34. The van der Waals surface area contributed by atoms with Crippen LogP contribution in [0.4, 0.5) is 0 Å². The molecule has 16 heavy (non-hydrogen) atoms. The van der Waals surface area contributed by atoms with Crippen molar-refractivity contribution in [3.8, 4) is 0 Å². The summed E-state index contributed by atoms with van der Waals surface area (Å²) in [4.78, 5) is 11.0. The van der Waals surface area contributed by atoms with E-state index in [1.807, 2.05) is 0 Å². The number of amides is 1. The standard InChI is InChI=1S/C12H24N2OS/c1-8(10(3)13-11(4)15)7-9(2)14(16)12-5-6-12/h8-10,12,16H,5-7H2,1-4H3,(H,13,15). The third kappa shape index (κ3) is 4.34. The Balaban J connectivity index is 2.31. The van der Waals surface area contributed by atoms with Gasteiger partial charge in [0.05, 0.1) is 0 Å². The van der Waals surface area contributed by atoms with Crippen LogP contribution in [0.15, 0.2) is 0 Å². The molecule has 0 aromatic rings. The summed E-state index contributed by atoms with van der Waals surface area (Å²) in [6.45, 7) is 8.04.